The van der Waals surface area contributed by atoms with Crippen LogP contribution in [0.25, 0.3) is 21.8 Å². The molecule has 4 aromatic rings. The number of rotatable bonds is 5. The SMILES string of the molecule is COc1ccccc1C(O)c1cc2c(N)nc(-c3ccc(C(F)F)o3)nc2s1. The predicted molar refractivity (Wildman–Crippen MR) is 102 cm³/mol. The lowest BCUT2D eigenvalue weighted by molar-refractivity contribution is 0.122. The zero-order chi connectivity index (χ0) is 19.8. The number of nitrogen functional groups attached to an aromatic ring is 1. The smallest absolute Gasteiger partial charge is 0.295 e. The van der Waals surface area contributed by atoms with Crippen molar-refractivity contribution in [3.05, 3.63) is 58.7 Å². The second kappa shape index (κ2) is 7.17. The fourth-order valence-electron chi connectivity index (χ4n) is 2.84. The Morgan fingerprint density at radius 1 is 1.18 bits per heavy atom. The summed E-state index contributed by atoms with van der Waals surface area (Å²) in [6.07, 6.45) is -3.66. The maximum Gasteiger partial charge on any atom is 0.295 e. The molecule has 3 aromatic heterocycles. The number of benzene rings is 1. The van der Waals surface area contributed by atoms with Gasteiger partial charge in [0.2, 0.25) is 0 Å². The minimum atomic E-state index is -2.72. The minimum Gasteiger partial charge on any atom is -0.496 e. The van der Waals surface area contributed by atoms with Gasteiger partial charge in [0.1, 0.15) is 22.5 Å². The van der Waals surface area contributed by atoms with Gasteiger partial charge in [0.05, 0.1) is 12.5 Å². The maximum absolute atomic E-state index is 12.7. The number of hydrogen-bond acceptors (Lipinski definition) is 7. The van der Waals surface area contributed by atoms with Crippen LogP contribution in [0.15, 0.2) is 46.9 Å². The molecule has 0 aliphatic rings. The fraction of sp³-hybridized carbons (Fsp3) is 0.158. The van der Waals surface area contributed by atoms with Crippen molar-refractivity contribution in [3.63, 3.8) is 0 Å². The Kier molecular flexibility index (Phi) is 4.70. The molecule has 0 aliphatic heterocycles. The van der Waals surface area contributed by atoms with Crippen molar-refractivity contribution in [3.8, 4) is 17.3 Å². The number of nitrogens with zero attached hydrogens (tertiary/aromatic N) is 2. The lowest BCUT2D eigenvalue weighted by Gasteiger charge is -2.12. The van der Waals surface area contributed by atoms with Gasteiger partial charge in [-0.15, -0.1) is 11.3 Å². The molecule has 3 N–H and O–H groups in total. The monoisotopic (exact) mass is 403 g/mol. The summed E-state index contributed by atoms with van der Waals surface area (Å²) in [5.41, 5.74) is 6.64. The van der Waals surface area contributed by atoms with Gasteiger partial charge in [-0.2, -0.15) is 0 Å². The van der Waals surface area contributed by atoms with Crippen molar-refractivity contribution in [2.75, 3.05) is 12.8 Å². The van der Waals surface area contributed by atoms with Crippen LogP contribution in [-0.4, -0.2) is 22.2 Å². The molecule has 3 heterocycles. The van der Waals surface area contributed by atoms with E-state index in [4.69, 9.17) is 14.9 Å². The summed E-state index contributed by atoms with van der Waals surface area (Å²) in [5, 5.41) is 11.4. The summed E-state index contributed by atoms with van der Waals surface area (Å²) >= 11 is 1.23. The number of fused-ring (bicyclic) bond motifs is 1. The lowest BCUT2D eigenvalue weighted by Crippen LogP contribution is -2.00. The van der Waals surface area contributed by atoms with Gasteiger partial charge >= 0.3 is 0 Å². The van der Waals surface area contributed by atoms with Gasteiger partial charge in [-0.25, -0.2) is 18.7 Å². The molecule has 0 amide bonds. The summed E-state index contributed by atoms with van der Waals surface area (Å²) in [5.74, 6) is 0.476. The molecule has 0 saturated heterocycles. The van der Waals surface area contributed by atoms with Crippen LogP contribution in [0.1, 0.15) is 28.7 Å². The molecule has 0 bridgehead atoms. The molecule has 4 rings (SSSR count). The molecule has 1 unspecified atom stereocenters. The van der Waals surface area contributed by atoms with Crippen molar-refractivity contribution in [2.45, 2.75) is 12.5 Å². The first kappa shape index (κ1) is 18.3. The van der Waals surface area contributed by atoms with Crippen LogP contribution in [-0.2, 0) is 0 Å². The average Bonchev–Trinajstić information content (AvgIpc) is 3.35. The first-order chi connectivity index (χ1) is 13.5. The maximum atomic E-state index is 12.7. The highest BCUT2D eigenvalue weighted by Gasteiger charge is 2.21. The van der Waals surface area contributed by atoms with Gasteiger partial charge < -0.3 is 20.0 Å². The van der Waals surface area contributed by atoms with Gasteiger partial charge in [-0.05, 0) is 24.3 Å². The number of para-hydroxylation sites is 1. The molecule has 144 valence electrons. The number of alkyl halides is 2. The van der Waals surface area contributed by atoms with Crippen molar-refractivity contribution in [1.82, 2.24) is 9.97 Å². The van der Waals surface area contributed by atoms with E-state index in [0.29, 0.717) is 26.4 Å². The number of ether oxygens (including phenoxy) is 1. The molecular weight excluding hydrogens is 388 g/mol. The lowest BCUT2D eigenvalue weighted by atomic mass is 10.1. The van der Waals surface area contributed by atoms with Crippen LogP contribution in [0.3, 0.4) is 0 Å². The van der Waals surface area contributed by atoms with Crippen molar-refractivity contribution in [2.24, 2.45) is 0 Å². The summed E-state index contributed by atoms with van der Waals surface area (Å²) in [6, 6.07) is 11.4. The third kappa shape index (κ3) is 3.19. The number of nitrogens with two attached hydrogens (primary N) is 1. The van der Waals surface area contributed by atoms with E-state index in [9.17, 15) is 13.9 Å². The number of furan rings is 1. The highest BCUT2D eigenvalue weighted by atomic mass is 32.1. The third-order valence-electron chi connectivity index (χ3n) is 4.21. The molecule has 0 fully saturated rings. The van der Waals surface area contributed by atoms with Crippen LogP contribution in [0, 0.1) is 0 Å². The summed E-state index contributed by atoms with van der Waals surface area (Å²) < 4.78 is 35.9. The van der Waals surface area contributed by atoms with Gasteiger partial charge in [0.15, 0.2) is 17.3 Å². The number of aromatic nitrogens is 2. The first-order valence-corrected chi connectivity index (χ1v) is 9.05. The van der Waals surface area contributed by atoms with Crippen LogP contribution in [0.5, 0.6) is 5.75 Å². The fourth-order valence-corrected chi connectivity index (χ4v) is 3.89. The van der Waals surface area contributed by atoms with E-state index in [1.54, 1.807) is 24.3 Å². The van der Waals surface area contributed by atoms with Crippen molar-refractivity contribution < 1.29 is 23.0 Å². The Morgan fingerprint density at radius 2 is 1.96 bits per heavy atom. The van der Waals surface area contributed by atoms with E-state index >= 15 is 0 Å². The second-order valence-electron chi connectivity index (χ2n) is 5.95. The number of halogens is 2. The summed E-state index contributed by atoms with van der Waals surface area (Å²) in [4.78, 5) is 9.63. The highest BCUT2D eigenvalue weighted by molar-refractivity contribution is 7.18. The normalized spacial score (nSPS) is 12.6. The topological polar surface area (TPSA) is 94.4 Å². The molecule has 1 aromatic carbocycles. The molecule has 0 spiro atoms. The quantitative estimate of drug-likeness (QED) is 0.507. The minimum absolute atomic E-state index is 0.101. The van der Waals surface area contributed by atoms with E-state index in [0.717, 1.165) is 0 Å². The Balaban J connectivity index is 1.75. The van der Waals surface area contributed by atoms with E-state index in [2.05, 4.69) is 9.97 Å². The van der Waals surface area contributed by atoms with E-state index < -0.39 is 18.3 Å². The average molecular weight is 403 g/mol. The Labute approximate surface area is 162 Å². The standard InChI is InChI=1S/C19H15F2N3O3S/c1-26-11-5-3-2-4-9(11)15(25)14-8-10-17(22)23-18(24-19(10)28-14)13-7-6-12(27-13)16(20)21/h2-8,15-16,25H,1H3,(H2,22,23,24). The predicted octanol–water partition coefficient (Wildman–Crippen LogP) is 4.56. The number of methoxy groups -OCH3 is 1. The molecule has 0 radical (unpaired) electrons. The first-order valence-electron chi connectivity index (χ1n) is 8.24. The van der Waals surface area contributed by atoms with Crippen molar-refractivity contribution in [1.29, 1.82) is 0 Å². The number of thiophene rings is 1. The summed E-state index contributed by atoms with van der Waals surface area (Å²) in [7, 11) is 1.53. The van der Waals surface area contributed by atoms with E-state index in [-0.39, 0.29) is 17.4 Å². The van der Waals surface area contributed by atoms with E-state index in [1.165, 1.54) is 30.6 Å². The molecule has 0 saturated carbocycles. The molecule has 28 heavy (non-hydrogen) atoms. The van der Waals surface area contributed by atoms with Crippen LogP contribution in [0.4, 0.5) is 14.6 Å². The molecule has 9 heteroatoms. The van der Waals surface area contributed by atoms with E-state index in [1.807, 2.05) is 6.07 Å². The zero-order valence-corrected chi connectivity index (χ0v) is 15.4. The third-order valence-corrected chi connectivity index (χ3v) is 5.29. The zero-order valence-electron chi connectivity index (χ0n) is 14.6. The Bertz CT molecular complexity index is 1140. The summed E-state index contributed by atoms with van der Waals surface area (Å²) in [6.45, 7) is 0. The largest absolute Gasteiger partial charge is 0.496 e. The highest BCUT2D eigenvalue weighted by Crippen LogP contribution is 2.38. The van der Waals surface area contributed by atoms with Crippen LogP contribution < -0.4 is 10.5 Å². The molecule has 1 atom stereocenters. The van der Waals surface area contributed by atoms with Gasteiger partial charge in [0.25, 0.3) is 6.43 Å². The van der Waals surface area contributed by atoms with Crippen LogP contribution in [0.2, 0.25) is 0 Å². The molecule has 0 aliphatic carbocycles. The van der Waals surface area contributed by atoms with Gasteiger partial charge in [-0.3, -0.25) is 0 Å². The van der Waals surface area contributed by atoms with Gasteiger partial charge in [-0.1, -0.05) is 18.2 Å². The number of aliphatic hydroxyl groups is 1. The molecule has 6 nitrogen and oxygen atoms in total. The number of hydrogen-bond donors (Lipinski definition) is 2. The Morgan fingerprint density at radius 3 is 2.68 bits per heavy atom. The molecular formula is C19H15F2N3O3S. The van der Waals surface area contributed by atoms with Crippen LogP contribution >= 0.6 is 11.3 Å². The van der Waals surface area contributed by atoms with Gasteiger partial charge in [0, 0.05) is 10.4 Å². The Hall–Kier alpha value is -3.04. The van der Waals surface area contributed by atoms with Crippen molar-refractivity contribution >= 4 is 27.4 Å². The number of anilines is 1. The second-order valence-corrected chi connectivity index (χ2v) is 7.01. The number of aliphatic hydroxyl groups excluding tert-OH is 1.